The van der Waals surface area contributed by atoms with Gasteiger partial charge in [0.2, 0.25) is 0 Å². The van der Waals surface area contributed by atoms with E-state index in [9.17, 15) is 9.90 Å². The van der Waals surface area contributed by atoms with Gasteiger partial charge in [-0.05, 0) is 18.8 Å². The first-order valence-electron chi connectivity index (χ1n) is 3.93. The molecule has 11 heavy (non-hydrogen) atoms. The molecule has 3 heteroatoms. The van der Waals surface area contributed by atoms with Gasteiger partial charge in [-0.25, -0.2) is 0 Å². The van der Waals surface area contributed by atoms with Crippen LogP contribution in [0.4, 0.5) is 0 Å². The van der Waals surface area contributed by atoms with Crippen molar-refractivity contribution in [3.63, 3.8) is 0 Å². The molecule has 0 aromatic rings. The minimum Gasteiger partial charge on any atom is -0.550 e. The van der Waals surface area contributed by atoms with Crippen molar-refractivity contribution in [3.8, 4) is 0 Å². The van der Waals surface area contributed by atoms with E-state index in [2.05, 4.69) is 0 Å². The molecule has 0 aromatic heterocycles. The van der Waals surface area contributed by atoms with Crippen molar-refractivity contribution in [1.29, 1.82) is 0 Å². The van der Waals surface area contributed by atoms with Gasteiger partial charge in [-0.2, -0.15) is 0 Å². The van der Waals surface area contributed by atoms with Crippen LogP contribution in [0.2, 0.25) is 0 Å². The first-order valence-corrected chi connectivity index (χ1v) is 3.93. The molecule has 0 rings (SSSR count). The Bertz CT molecular complexity index is 98.3. The number of hydrogen-bond acceptors (Lipinski definition) is 2. The standard InChI is InChI=1S/C8H16O2.Bi/c1-3-5-7(6-4-2)8(9)10;/h7H,3-6H2,1-2H3,(H,9,10);/p-1. The molecule has 2 nitrogen and oxygen atoms in total. The molecule has 0 unspecified atom stereocenters. The van der Waals surface area contributed by atoms with Gasteiger partial charge in [0.05, 0.1) is 0 Å². The topological polar surface area (TPSA) is 40.1 Å². The van der Waals surface area contributed by atoms with Gasteiger partial charge in [0.1, 0.15) is 0 Å². The summed E-state index contributed by atoms with van der Waals surface area (Å²) in [5, 5.41) is 10.4. The van der Waals surface area contributed by atoms with Gasteiger partial charge in [0.15, 0.2) is 0 Å². The maximum Gasteiger partial charge on any atom is 0.0445 e. The molecule has 3 radical (unpaired) electrons. The maximum atomic E-state index is 10.4. The molecule has 0 heterocycles. The van der Waals surface area contributed by atoms with Crippen molar-refractivity contribution >= 4 is 32.2 Å². The maximum absolute atomic E-state index is 10.4. The van der Waals surface area contributed by atoms with Gasteiger partial charge in [0.25, 0.3) is 0 Å². The minimum atomic E-state index is -0.885. The summed E-state index contributed by atoms with van der Waals surface area (Å²) in [5.41, 5.74) is 0. The summed E-state index contributed by atoms with van der Waals surface area (Å²) in [7, 11) is 0. The Morgan fingerprint density at radius 2 is 1.64 bits per heavy atom. The molecule has 0 atom stereocenters. The van der Waals surface area contributed by atoms with Crippen LogP contribution in [0.3, 0.4) is 0 Å². The van der Waals surface area contributed by atoms with Crippen LogP contribution >= 0.6 is 0 Å². The van der Waals surface area contributed by atoms with E-state index in [4.69, 9.17) is 0 Å². The fourth-order valence-electron chi connectivity index (χ4n) is 1.08. The van der Waals surface area contributed by atoms with Crippen LogP contribution in [0.15, 0.2) is 0 Å². The van der Waals surface area contributed by atoms with Gasteiger partial charge in [-0.15, -0.1) is 0 Å². The number of carboxylic acids is 1. The van der Waals surface area contributed by atoms with E-state index in [1.165, 1.54) is 0 Å². The first kappa shape index (κ1) is 13.9. The third kappa shape index (κ3) is 6.74. The average Bonchev–Trinajstić information content (AvgIpc) is 1.87. The van der Waals surface area contributed by atoms with Crippen LogP contribution in [-0.4, -0.2) is 32.2 Å². The van der Waals surface area contributed by atoms with Crippen LogP contribution in [0.25, 0.3) is 0 Å². The van der Waals surface area contributed by atoms with Gasteiger partial charge < -0.3 is 9.90 Å². The van der Waals surface area contributed by atoms with Crippen LogP contribution in [0, 0.1) is 5.92 Å². The summed E-state index contributed by atoms with van der Waals surface area (Å²) >= 11 is 0. The molecule has 0 aliphatic carbocycles. The molecule has 0 aliphatic rings. The number of rotatable bonds is 5. The van der Waals surface area contributed by atoms with E-state index in [-0.39, 0.29) is 32.1 Å². The van der Waals surface area contributed by atoms with Crippen LogP contribution in [0.1, 0.15) is 39.5 Å². The second-order valence-electron chi connectivity index (χ2n) is 2.59. The number of carboxylic acid groups (broad SMARTS) is 1. The number of carbonyl (C=O) groups is 1. The molecule has 0 bridgehead atoms. The molecule has 0 N–H and O–H groups in total. The molecule has 0 saturated heterocycles. The van der Waals surface area contributed by atoms with Crippen molar-refractivity contribution in [2.75, 3.05) is 0 Å². The van der Waals surface area contributed by atoms with Gasteiger partial charge in [0, 0.05) is 32.2 Å². The monoisotopic (exact) mass is 352 g/mol. The zero-order valence-corrected chi connectivity index (χ0v) is 10.6. The summed E-state index contributed by atoms with van der Waals surface area (Å²) < 4.78 is 0. The molecule has 0 saturated carbocycles. The Balaban J connectivity index is 0. The second kappa shape index (κ2) is 8.45. The van der Waals surface area contributed by atoms with Crippen molar-refractivity contribution < 1.29 is 9.90 Å². The molecule has 0 aliphatic heterocycles. The van der Waals surface area contributed by atoms with E-state index in [0.717, 1.165) is 25.7 Å². The van der Waals surface area contributed by atoms with E-state index in [1.54, 1.807) is 0 Å². The van der Waals surface area contributed by atoms with E-state index < -0.39 is 5.97 Å². The van der Waals surface area contributed by atoms with Gasteiger partial charge in [-0.3, -0.25) is 0 Å². The molecule has 0 spiro atoms. The zero-order valence-electron chi connectivity index (χ0n) is 7.17. The Kier molecular flexibility index (Phi) is 10.7. The summed E-state index contributed by atoms with van der Waals surface area (Å²) in [6.07, 6.45) is 3.38. The molecule has 0 amide bonds. The SMILES string of the molecule is CCCC(CCC)C(=O)[O-].[Bi]. The summed E-state index contributed by atoms with van der Waals surface area (Å²) in [4.78, 5) is 10.4. The third-order valence-electron chi connectivity index (χ3n) is 1.61. The van der Waals surface area contributed by atoms with Crippen LogP contribution in [-0.2, 0) is 4.79 Å². The van der Waals surface area contributed by atoms with E-state index in [0.29, 0.717) is 0 Å². The van der Waals surface area contributed by atoms with E-state index in [1.807, 2.05) is 13.8 Å². The normalized spacial score (nSPS) is 9.36. The molecular weight excluding hydrogens is 337 g/mol. The first-order chi connectivity index (χ1) is 4.72. The summed E-state index contributed by atoms with van der Waals surface area (Å²) in [6, 6.07) is 0. The smallest absolute Gasteiger partial charge is 0.0445 e. The van der Waals surface area contributed by atoms with E-state index >= 15 is 0 Å². The summed E-state index contributed by atoms with van der Waals surface area (Å²) in [5.74, 6) is -1.10. The Hall–Kier alpha value is 0.353. The fourth-order valence-corrected chi connectivity index (χ4v) is 1.08. The molecular formula is C8H15BiO2-. The third-order valence-corrected chi connectivity index (χ3v) is 1.61. The quantitative estimate of drug-likeness (QED) is 0.679. The van der Waals surface area contributed by atoms with Crippen molar-refractivity contribution in [2.45, 2.75) is 39.5 Å². The molecule has 65 valence electrons. The number of aliphatic carboxylic acids is 1. The largest absolute Gasteiger partial charge is 0.550 e. The Morgan fingerprint density at radius 1 is 1.27 bits per heavy atom. The second-order valence-corrected chi connectivity index (χ2v) is 2.59. The van der Waals surface area contributed by atoms with Crippen molar-refractivity contribution in [3.05, 3.63) is 0 Å². The summed E-state index contributed by atoms with van der Waals surface area (Å²) in [6.45, 7) is 3.98. The molecule has 0 aromatic carbocycles. The number of hydrogen-bond donors (Lipinski definition) is 0. The van der Waals surface area contributed by atoms with Crippen LogP contribution < -0.4 is 5.11 Å². The minimum absolute atomic E-state index is 0. The number of carbonyl (C=O) groups excluding carboxylic acids is 1. The average molecular weight is 352 g/mol. The van der Waals surface area contributed by atoms with Gasteiger partial charge in [-0.1, -0.05) is 26.7 Å². The Labute approximate surface area is 87.5 Å². The molecule has 0 fully saturated rings. The fraction of sp³-hybridized carbons (Fsp3) is 0.875. The van der Waals surface area contributed by atoms with Crippen molar-refractivity contribution in [2.24, 2.45) is 5.92 Å². The predicted octanol–water partition coefficient (Wildman–Crippen LogP) is 0.572. The van der Waals surface area contributed by atoms with Crippen molar-refractivity contribution in [1.82, 2.24) is 0 Å². The predicted molar refractivity (Wildman–Crippen MR) is 44.1 cm³/mol. The van der Waals surface area contributed by atoms with Gasteiger partial charge >= 0.3 is 0 Å². The zero-order chi connectivity index (χ0) is 7.98. The van der Waals surface area contributed by atoms with Crippen LogP contribution in [0.5, 0.6) is 0 Å². The Morgan fingerprint density at radius 3 is 1.82 bits per heavy atom.